The highest BCUT2D eigenvalue weighted by molar-refractivity contribution is 8.00. The summed E-state index contributed by atoms with van der Waals surface area (Å²) < 4.78 is 36.1. The lowest BCUT2D eigenvalue weighted by molar-refractivity contribution is 0.558. The average Bonchev–Trinajstić information content (AvgIpc) is 2.30. The molecule has 0 saturated heterocycles. The Morgan fingerprint density at radius 2 is 2.11 bits per heavy atom. The Balaban J connectivity index is 2.86. The van der Waals surface area contributed by atoms with Gasteiger partial charge >= 0.3 is 0 Å². The quantitative estimate of drug-likeness (QED) is 0.787. The molecule has 3 nitrogen and oxygen atoms in total. The Bertz CT molecular complexity index is 517. The summed E-state index contributed by atoms with van der Waals surface area (Å²) in [5, 5.41) is 3.24. The second kappa shape index (κ2) is 7.26. The molecular formula is C13H20FNO2S2. The lowest BCUT2D eigenvalue weighted by Crippen LogP contribution is -2.18. The first kappa shape index (κ1) is 16.5. The molecule has 1 rings (SSSR count). The zero-order chi connectivity index (χ0) is 14.5. The van der Waals surface area contributed by atoms with Crippen molar-refractivity contribution in [1.82, 2.24) is 5.32 Å². The fourth-order valence-corrected chi connectivity index (χ4v) is 4.10. The van der Waals surface area contributed by atoms with Gasteiger partial charge in [-0.15, -0.1) is 11.8 Å². The number of sulfone groups is 1. The predicted molar refractivity (Wildman–Crippen MR) is 78.9 cm³/mol. The van der Waals surface area contributed by atoms with Crippen molar-refractivity contribution < 1.29 is 12.8 Å². The van der Waals surface area contributed by atoms with Crippen LogP contribution in [0.5, 0.6) is 0 Å². The van der Waals surface area contributed by atoms with E-state index in [4.69, 9.17) is 0 Å². The maximum Gasteiger partial charge on any atom is 0.148 e. The molecule has 108 valence electrons. The summed E-state index contributed by atoms with van der Waals surface area (Å²) in [6.07, 6.45) is 1.19. The molecule has 1 atom stereocenters. The molecule has 0 aromatic heterocycles. The topological polar surface area (TPSA) is 46.2 Å². The molecule has 1 N–H and O–H groups in total. The first-order valence-corrected chi connectivity index (χ1v) is 9.22. The van der Waals surface area contributed by atoms with E-state index in [1.54, 1.807) is 6.07 Å². The first-order valence-electron chi connectivity index (χ1n) is 6.17. The summed E-state index contributed by atoms with van der Waals surface area (Å²) in [7, 11) is -3.01. The van der Waals surface area contributed by atoms with Crippen molar-refractivity contribution in [2.75, 3.05) is 24.3 Å². The minimum absolute atomic E-state index is 0.0430. The third kappa shape index (κ3) is 5.50. The van der Waals surface area contributed by atoms with E-state index >= 15 is 0 Å². The van der Waals surface area contributed by atoms with Gasteiger partial charge in [0.25, 0.3) is 0 Å². The maximum absolute atomic E-state index is 13.9. The lowest BCUT2D eigenvalue weighted by Gasteiger charge is -2.17. The van der Waals surface area contributed by atoms with Gasteiger partial charge in [-0.3, -0.25) is 0 Å². The number of halogens is 1. The van der Waals surface area contributed by atoms with Crippen LogP contribution >= 0.6 is 11.8 Å². The van der Waals surface area contributed by atoms with Crippen molar-refractivity contribution in [2.24, 2.45) is 0 Å². The summed E-state index contributed by atoms with van der Waals surface area (Å²) in [5.41, 5.74) is 0.875. The summed E-state index contributed by atoms with van der Waals surface area (Å²) in [6, 6.07) is 5.00. The van der Waals surface area contributed by atoms with Crippen molar-refractivity contribution in [3.8, 4) is 0 Å². The molecule has 1 aromatic rings. The Kier molecular flexibility index (Phi) is 6.29. The van der Waals surface area contributed by atoms with Gasteiger partial charge in [0, 0.05) is 22.9 Å². The molecule has 0 bridgehead atoms. The highest BCUT2D eigenvalue weighted by Gasteiger charge is 2.14. The molecule has 0 heterocycles. The minimum Gasteiger partial charge on any atom is -0.310 e. The number of benzene rings is 1. The standard InChI is InChI=1S/C13H20FNO2S2/c1-4-15-10(2)11-6-5-7-12(14)13(11)18-8-9-19(3,16)17/h5-7,10,15H,4,8-9H2,1-3H3. The third-order valence-corrected chi connectivity index (χ3v) is 5.01. The van der Waals surface area contributed by atoms with Gasteiger partial charge < -0.3 is 5.32 Å². The molecule has 0 saturated carbocycles. The number of nitrogens with one attached hydrogen (secondary N) is 1. The van der Waals surface area contributed by atoms with Crippen LogP contribution in [0.2, 0.25) is 0 Å². The molecule has 0 aliphatic carbocycles. The Morgan fingerprint density at radius 1 is 1.42 bits per heavy atom. The average molecular weight is 305 g/mol. The molecule has 0 aliphatic rings. The fraction of sp³-hybridized carbons (Fsp3) is 0.538. The minimum atomic E-state index is -3.01. The van der Waals surface area contributed by atoms with Crippen LogP contribution in [0, 0.1) is 5.82 Å². The maximum atomic E-state index is 13.9. The van der Waals surface area contributed by atoms with Crippen molar-refractivity contribution in [1.29, 1.82) is 0 Å². The summed E-state index contributed by atoms with van der Waals surface area (Å²) >= 11 is 1.26. The number of rotatable bonds is 7. The van der Waals surface area contributed by atoms with E-state index in [9.17, 15) is 12.8 Å². The zero-order valence-corrected chi connectivity index (χ0v) is 13.1. The molecular weight excluding hydrogens is 285 g/mol. The van der Waals surface area contributed by atoms with Crippen LogP contribution in [0.1, 0.15) is 25.5 Å². The predicted octanol–water partition coefficient (Wildman–Crippen LogP) is 2.63. The van der Waals surface area contributed by atoms with Crippen molar-refractivity contribution in [3.63, 3.8) is 0 Å². The van der Waals surface area contributed by atoms with E-state index in [-0.39, 0.29) is 17.6 Å². The molecule has 0 amide bonds. The van der Waals surface area contributed by atoms with E-state index in [1.807, 2.05) is 19.9 Å². The third-order valence-electron chi connectivity index (χ3n) is 2.67. The van der Waals surface area contributed by atoms with Gasteiger partial charge in [-0.05, 0) is 25.1 Å². The molecule has 1 unspecified atom stereocenters. The Hall–Kier alpha value is -0.590. The highest BCUT2D eigenvalue weighted by atomic mass is 32.2. The summed E-state index contributed by atoms with van der Waals surface area (Å²) in [4.78, 5) is 0.541. The van der Waals surface area contributed by atoms with Crippen LogP contribution in [0.15, 0.2) is 23.1 Å². The van der Waals surface area contributed by atoms with E-state index in [2.05, 4.69) is 5.32 Å². The Morgan fingerprint density at radius 3 is 2.68 bits per heavy atom. The number of hydrogen-bond donors (Lipinski definition) is 1. The van der Waals surface area contributed by atoms with Gasteiger partial charge in [0.05, 0.1) is 5.75 Å². The highest BCUT2D eigenvalue weighted by Crippen LogP contribution is 2.30. The number of hydrogen-bond acceptors (Lipinski definition) is 4. The van der Waals surface area contributed by atoms with E-state index in [0.29, 0.717) is 10.6 Å². The smallest absolute Gasteiger partial charge is 0.148 e. The first-order chi connectivity index (χ1) is 8.85. The summed E-state index contributed by atoms with van der Waals surface area (Å²) in [6.45, 7) is 4.76. The van der Waals surface area contributed by atoms with Crippen LogP contribution < -0.4 is 5.32 Å². The molecule has 0 fully saturated rings. The Labute approximate surface area is 118 Å². The summed E-state index contributed by atoms with van der Waals surface area (Å²) in [5.74, 6) is 0.132. The monoisotopic (exact) mass is 305 g/mol. The van der Waals surface area contributed by atoms with Gasteiger partial charge in [0.1, 0.15) is 15.7 Å². The van der Waals surface area contributed by atoms with Crippen molar-refractivity contribution >= 4 is 21.6 Å². The van der Waals surface area contributed by atoms with Gasteiger partial charge in [-0.2, -0.15) is 0 Å². The van der Waals surface area contributed by atoms with Gasteiger partial charge in [-0.1, -0.05) is 19.1 Å². The lowest BCUT2D eigenvalue weighted by atomic mass is 10.1. The van der Waals surface area contributed by atoms with Crippen LogP contribution in [0.4, 0.5) is 4.39 Å². The zero-order valence-electron chi connectivity index (χ0n) is 11.4. The second-order valence-corrected chi connectivity index (χ2v) is 7.78. The largest absolute Gasteiger partial charge is 0.310 e. The van der Waals surface area contributed by atoms with E-state index < -0.39 is 9.84 Å². The van der Waals surface area contributed by atoms with Gasteiger partial charge in [-0.25, -0.2) is 12.8 Å². The van der Waals surface area contributed by atoms with Crippen LogP contribution in [-0.2, 0) is 9.84 Å². The van der Waals surface area contributed by atoms with Gasteiger partial charge in [0.2, 0.25) is 0 Å². The molecule has 0 spiro atoms. The van der Waals surface area contributed by atoms with Crippen molar-refractivity contribution in [2.45, 2.75) is 24.8 Å². The normalized spacial score (nSPS) is 13.5. The van der Waals surface area contributed by atoms with Gasteiger partial charge in [0.15, 0.2) is 0 Å². The second-order valence-electron chi connectivity index (χ2n) is 4.42. The molecule has 0 radical (unpaired) electrons. The van der Waals surface area contributed by atoms with E-state index in [0.717, 1.165) is 12.1 Å². The molecule has 1 aromatic carbocycles. The number of thioether (sulfide) groups is 1. The SMILES string of the molecule is CCNC(C)c1cccc(F)c1SCCS(C)(=O)=O. The van der Waals surface area contributed by atoms with Crippen molar-refractivity contribution in [3.05, 3.63) is 29.6 Å². The van der Waals surface area contributed by atoms with Crippen LogP contribution in [0.25, 0.3) is 0 Å². The molecule has 19 heavy (non-hydrogen) atoms. The molecule has 6 heteroatoms. The molecule has 0 aliphatic heterocycles. The fourth-order valence-electron chi connectivity index (χ4n) is 1.73. The van der Waals surface area contributed by atoms with Crippen LogP contribution in [-0.4, -0.2) is 32.7 Å². The van der Waals surface area contributed by atoms with E-state index in [1.165, 1.54) is 24.1 Å². The van der Waals surface area contributed by atoms with Crippen LogP contribution in [0.3, 0.4) is 0 Å².